The van der Waals surface area contributed by atoms with Gasteiger partial charge in [-0.1, -0.05) is 19.1 Å². The maximum Gasteiger partial charge on any atom is 0.226 e. The highest BCUT2D eigenvalue weighted by molar-refractivity contribution is 5.94. The molecule has 0 spiro atoms. The highest BCUT2D eigenvalue weighted by Crippen LogP contribution is 2.31. The minimum Gasteiger partial charge on any atom is -0.387 e. The average molecular weight is 317 g/mol. The summed E-state index contributed by atoms with van der Waals surface area (Å²) in [6.07, 6.45) is 2.05. The Kier molecular flexibility index (Phi) is 5.30. The van der Waals surface area contributed by atoms with Gasteiger partial charge in [0.2, 0.25) is 5.91 Å². The molecule has 0 aliphatic carbocycles. The molecule has 0 saturated carbocycles. The van der Waals surface area contributed by atoms with E-state index in [9.17, 15) is 9.90 Å². The number of nitrogens with zero attached hydrogens (tertiary/aromatic N) is 2. The molecule has 2 aliphatic heterocycles. The Bertz CT molecular complexity index is 555. The number of nitrogens with one attached hydrogen (secondary N) is 1. The van der Waals surface area contributed by atoms with Crippen molar-refractivity contribution in [2.45, 2.75) is 32.3 Å². The van der Waals surface area contributed by atoms with Gasteiger partial charge in [-0.3, -0.25) is 9.69 Å². The van der Waals surface area contributed by atoms with Gasteiger partial charge in [0, 0.05) is 51.4 Å². The molecule has 0 radical (unpaired) electrons. The van der Waals surface area contributed by atoms with Gasteiger partial charge in [-0.05, 0) is 30.0 Å². The molecular formula is C18H27N3O2. The molecule has 1 atom stereocenters. The van der Waals surface area contributed by atoms with Gasteiger partial charge in [0.25, 0.3) is 0 Å². The molecule has 0 bridgehead atoms. The highest BCUT2D eigenvalue weighted by Gasteiger charge is 2.23. The number of aryl methyl sites for hydroxylation is 1. The van der Waals surface area contributed by atoms with Crippen molar-refractivity contribution >= 4 is 11.6 Å². The minimum absolute atomic E-state index is 0.166. The van der Waals surface area contributed by atoms with Crippen LogP contribution < -0.4 is 10.2 Å². The summed E-state index contributed by atoms with van der Waals surface area (Å²) in [5, 5.41) is 13.9. The first-order valence-corrected chi connectivity index (χ1v) is 8.73. The maximum atomic E-state index is 12.2. The van der Waals surface area contributed by atoms with E-state index in [0.717, 1.165) is 56.8 Å². The number of aliphatic hydroxyl groups excluding tert-OH is 1. The lowest BCUT2D eigenvalue weighted by atomic mass is 9.97. The first-order valence-electron chi connectivity index (χ1n) is 8.73. The number of hydrogen-bond acceptors (Lipinski definition) is 4. The second-order valence-electron chi connectivity index (χ2n) is 6.46. The van der Waals surface area contributed by atoms with Gasteiger partial charge in [0.1, 0.15) is 0 Å². The van der Waals surface area contributed by atoms with E-state index >= 15 is 0 Å². The van der Waals surface area contributed by atoms with E-state index in [1.54, 1.807) is 0 Å². The third kappa shape index (κ3) is 3.74. The fraction of sp³-hybridized carbons (Fsp3) is 0.611. The van der Waals surface area contributed by atoms with Crippen molar-refractivity contribution in [1.82, 2.24) is 10.2 Å². The van der Waals surface area contributed by atoms with Crippen molar-refractivity contribution in [3.05, 3.63) is 29.3 Å². The molecule has 1 aromatic carbocycles. The molecule has 3 rings (SSSR count). The van der Waals surface area contributed by atoms with Crippen LogP contribution in [0, 0.1) is 0 Å². The van der Waals surface area contributed by atoms with Gasteiger partial charge in [-0.25, -0.2) is 0 Å². The molecule has 2 heterocycles. The van der Waals surface area contributed by atoms with E-state index in [1.165, 1.54) is 5.56 Å². The van der Waals surface area contributed by atoms with Crippen molar-refractivity contribution in [1.29, 1.82) is 0 Å². The summed E-state index contributed by atoms with van der Waals surface area (Å²) in [5.41, 5.74) is 3.13. The summed E-state index contributed by atoms with van der Waals surface area (Å²) in [5.74, 6) is 0.166. The summed E-state index contributed by atoms with van der Waals surface area (Å²) in [6.45, 7) is 7.26. The molecule has 1 amide bonds. The van der Waals surface area contributed by atoms with E-state index < -0.39 is 6.10 Å². The van der Waals surface area contributed by atoms with E-state index in [1.807, 2.05) is 24.0 Å². The van der Waals surface area contributed by atoms with Crippen molar-refractivity contribution in [3.63, 3.8) is 0 Å². The van der Waals surface area contributed by atoms with Crippen LogP contribution in [0.2, 0.25) is 0 Å². The van der Waals surface area contributed by atoms with Crippen LogP contribution in [-0.2, 0) is 11.2 Å². The van der Waals surface area contributed by atoms with E-state index in [0.29, 0.717) is 13.0 Å². The molecule has 0 aromatic heterocycles. The lowest BCUT2D eigenvalue weighted by Crippen LogP contribution is -2.45. The molecule has 2 N–H and O–H groups in total. The second kappa shape index (κ2) is 7.43. The van der Waals surface area contributed by atoms with Crippen LogP contribution in [0.4, 0.5) is 5.69 Å². The van der Waals surface area contributed by atoms with Gasteiger partial charge < -0.3 is 15.3 Å². The van der Waals surface area contributed by atoms with Crippen molar-refractivity contribution in [3.8, 4) is 0 Å². The van der Waals surface area contributed by atoms with Crippen LogP contribution in [-0.4, -0.2) is 55.2 Å². The van der Waals surface area contributed by atoms with Gasteiger partial charge >= 0.3 is 0 Å². The van der Waals surface area contributed by atoms with Crippen LogP contribution in [0.1, 0.15) is 37.0 Å². The molecule has 5 heteroatoms. The molecule has 1 fully saturated rings. The Morgan fingerprint density at radius 3 is 2.83 bits per heavy atom. The van der Waals surface area contributed by atoms with Gasteiger partial charge in [-0.2, -0.15) is 0 Å². The molecule has 23 heavy (non-hydrogen) atoms. The number of amides is 1. The number of fused-ring (bicyclic) bond motifs is 1. The third-order valence-corrected chi connectivity index (χ3v) is 4.86. The largest absolute Gasteiger partial charge is 0.387 e. The molecule has 1 saturated heterocycles. The first-order chi connectivity index (χ1) is 11.2. The van der Waals surface area contributed by atoms with Gasteiger partial charge in [-0.15, -0.1) is 0 Å². The van der Waals surface area contributed by atoms with Crippen LogP contribution in [0.5, 0.6) is 0 Å². The lowest BCUT2D eigenvalue weighted by Gasteiger charge is -2.32. The van der Waals surface area contributed by atoms with E-state index in [2.05, 4.69) is 16.3 Å². The minimum atomic E-state index is -0.501. The van der Waals surface area contributed by atoms with Crippen LogP contribution in [0.3, 0.4) is 0 Å². The Morgan fingerprint density at radius 1 is 1.30 bits per heavy atom. The van der Waals surface area contributed by atoms with Crippen molar-refractivity contribution < 1.29 is 9.90 Å². The summed E-state index contributed by atoms with van der Waals surface area (Å²) in [6, 6.07) is 6.13. The Balaban J connectivity index is 1.76. The summed E-state index contributed by atoms with van der Waals surface area (Å²) in [7, 11) is 0. The van der Waals surface area contributed by atoms with Gasteiger partial charge in [0.15, 0.2) is 0 Å². The predicted octanol–water partition coefficient (Wildman–Crippen LogP) is 1.31. The zero-order valence-corrected chi connectivity index (χ0v) is 13.9. The standard InChI is InChI=1S/C18H27N3O2/c1-2-18(23)21-9-3-4-14-5-6-15(12-16(14)21)17(22)13-20-10-7-19-8-11-20/h5-6,12,17,19,22H,2-4,7-11,13H2,1H3. The number of piperazine rings is 1. The predicted molar refractivity (Wildman–Crippen MR) is 91.7 cm³/mol. The second-order valence-corrected chi connectivity index (χ2v) is 6.46. The topological polar surface area (TPSA) is 55.8 Å². The molecule has 126 valence electrons. The molecule has 1 unspecified atom stereocenters. The number of carbonyl (C=O) groups excluding carboxylic acids is 1. The Labute approximate surface area is 138 Å². The number of aliphatic hydroxyl groups is 1. The number of benzene rings is 1. The van der Waals surface area contributed by atoms with Crippen LogP contribution >= 0.6 is 0 Å². The monoisotopic (exact) mass is 317 g/mol. The van der Waals surface area contributed by atoms with Gasteiger partial charge in [0.05, 0.1) is 6.10 Å². The summed E-state index contributed by atoms with van der Waals surface area (Å²) < 4.78 is 0. The number of anilines is 1. The molecule has 2 aliphatic rings. The normalized spacial score (nSPS) is 20.2. The molecular weight excluding hydrogens is 290 g/mol. The highest BCUT2D eigenvalue weighted by atomic mass is 16.3. The number of carbonyl (C=O) groups is 1. The first kappa shape index (κ1) is 16.4. The summed E-state index contributed by atoms with van der Waals surface area (Å²) in [4.78, 5) is 16.4. The van der Waals surface area contributed by atoms with Crippen molar-refractivity contribution in [2.24, 2.45) is 0 Å². The molecule has 1 aromatic rings. The Hall–Kier alpha value is -1.43. The van der Waals surface area contributed by atoms with E-state index in [4.69, 9.17) is 0 Å². The molecule has 5 nitrogen and oxygen atoms in total. The lowest BCUT2D eigenvalue weighted by molar-refractivity contribution is -0.118. The maximum absolute atomic E-state index is 12.2. The zero-order valence-electron chi connectivity index (χ0n) is 13.9. The Morgan fingerprint density at radius 2 is 2.09 bits per heavy atom. The average Bonchev–Trinajstić information content (AvgIpc) is 2.61. The van der Waals surface area contributed by atoms with E-state index in [-0.39, 0.29) is 5.91 Å². The number of rotatable bonds is 4. The number of hydrogen-bond donors (Lipinski definition) is 2. The van der Waals surface area contributed by atoms with Crippen molar-refractivity contribution in [2.75, 3.05) is 44.2 Å². The summed E-state index contributed by atoms with van der Waals surface area (Å²) >= 11 is 0. The fourth-order valence-electron chi connectivity index (χ4n) is 3.49. The SMILES string of the molecule is CCC(=O)N1CCCc2ccc(C(O)CN3CCNCC3)cc21. The third-order valence-electron chi connectivity index (χ3n) is 4.86. The fourth-order valence-corrected chi connectivity index (χ4v) is 3.49. The van der Waals surface area contributed by atoms with Crippen LogP contribution in [0.25, 0.3) is 0 Å². The van der Waals surface area contributed by atoms with Crippen LogP contribution in [0.15, 0.2) is 18.2 Å². The zero-order chi connectivity index (χ0) is 16.2. The quantitative estimate of drug-likeness (QED) is 0.879. The number of β-amino-alcohol motifs (C(OH)–C–C–N with tert-alkyl or cyclic N) is 1. The smallest absolute Gasteiger partial charge is 0.226 e.